The number of fused-ring (bicyclic) bond motifs is 3. The number of aromatic nitrogens is 3. The monoisotopic (exact) mass is 451 g/mol. The number of hydrogen-bond acceptors (Lipinski definition) is 5. The van der Waals surface area contributed by atoms with Crippen LogP contribution in [0.25, 0.3) is 16.8 Å². The normalized spacial score (nSPS) is 16.3. The average molecular weight is 452 g/mol. The molecule has 0 bridgehead atoms. The van der Waals surface area contributed by atoms with Gasteiger partial charge >= 0.3 is 0 Å². The molecule has 0 saturated heterocycles. The Bertz CT molecular complexity index is 1200. The number of hydrogen-bond donors (Lipinski definition) is 0. The third-order valence-electron chi connectivity index (χ3n) is 5.35. The number of Topliss-reactive ketones (excluding diaryl/α,β-unsaturated/α-hetero) is 1. The van der Waals surface area contributed by atoms with E-state index < -0.39 is 0 Å². The molecule has 0 fully saturated rings. The zero-order chi connectivity index (χ0) is 20.0. The molecule has 0 spiro atoms. The maximum absolute atomic E-state index is 12.8. The number of ketones is 1. The number of methoxy groups -OCH3 is 1. The Hall–Kier alpha value is -2.77. The number of benzene rings is 1. The Morgan fingerprint density at radius 1 is 1.24 bits per heavy atom. The highest BCUT2D eigenvalue weighted by molar-refractivity contribution is 9.10. The van der Waals surface area contributed by atoms with Crippen molar-refractivity contribution in [3.05, 3.63) is 76.0 Å². The minimum atomic E-state index is 0.00167. The topological polar surface area (TPSA) is 69.6 Å². The SMILES string of the molecule is COCc1nn2c3c(cnc2c1-c1ccc(Br)cc1)C(=O)CC(c1ccco1)C3. The van der Waals surface area contributed by atoms with Crippen molar-refractivity contribution in [3.63, 3.8) is 0 Å². The molecule has 5 rings (SSSR count). The molecule has 1 aliphatic carbocycles. The standard InChI is InChI=1S/C22H18BrN3O3/c1-28-12-17-21(13-4-6-15(23)7-5-13)22-24-11-16-18(26(22)25-17)9-14(10-19(16)27)20-3-2-8-29-20/h2-8,11,14H,9-10,12H2,1H3. The van der Waals surface area contributed by atoms with Crippen molar-refractivity contribution in [1.82, 2.24) is 14.6 Å². The first-order valence-corrected chi connectivity index (χ1v) is 10.2. The zero-order valence-electron chi connectivity index (χ0n) is 15.8. The molecule has 0 saturated carbocycles. The molecule has 0 amide bonds. The van der Waals surface area contributed by atoms with Crippen LogP contribution in [-0.4, -0.2) is 27.5 Å². The molecule has 29 heavy (non-hydrogen) atoms. The number of carbonyl (C=O) groups excluding carboxylic acids is 1. The second kappa shape index (κ2) is 7.24. The molecule has 4 aromatic rings. The molecule has 7 heteroatoms. The zero-order valence-corrected chi connectivity index (χ0v) is 17.3. The number of furan rings is 1. The van der Waals surface area contributed by atoms with Crippen LogP contribution < -0.4 is 0 Å². The lowest BCUT2D eigenvalue weighted by Gasteiger charge is -2.22. The first-order valence-electron chi connectivity index (χ1n) is 9.36. The van der Waals surface area contributed by atoms with Gasteiger partial charge in [0.1, 0.15) is 5.76 Å². The van der Waals surface area contributed by atoms with Crippen LogP contribution >= 0.6 is 15.9 Å². The molecular weight excluding hydrogens is 434 g/mol. The van der Waals surface area contributed by atoms with Gasteiger partial charge in [0.2, 0.25) is 0 Å². The summed E-state index contributed by atoms with van der Waals surface area (Å²) < 4.78 is 13.8. The van der Waals surface area contributed by atoms with Gasteiger partial charge in [0, 0.05) is 36.5 Å². The van der Waals surface area contributed by atoms with Crippen LogP contribution in [0, 0.1) is 0 Å². The van der Waals surface area contributed by atoms with Crippen LogP contribution in [0.5, 0.6) is 0 Å². The van der Waals surface area contributed by atoms with Gasteiger partial charge in [-0.1, -0.05) is 28.1 Å². The van der Waals surface area contributed by atoms with E-state index in [1.54, 1.807) is 19.6 Å². The summed E-state index contributed by atoms with van der Waals surface area (Å²) in [5.41, 5.74) is 4.96. The summed E-state index contributed by atoms with van der Waals surface area (Å²) in [7, 11) is 1.65. The summed E-state index contributed by atoms with van der Waals surface area (Å²) >= 11 is 3.48. The highest BCUT2D eigenvalue weighted by atomic mass is 79.9. The van der Waals surface area contributed by atoms with Crippen LogP contribution in [0.3, 0.4) is 0 Å². The molecule has 3 heterocycles. The lowest BCUT2D eigenvalue weighted by Crippen LogP contribution is -2.22. The van der Waals surface area contributed by atoms with E-state index in [1.807, 2.05) is 40.9 Å². The van der Waals surface area contributed by atoms with Gasteiger partial charge in [-0.3, -0.25) is 4.79 Å². The summed E-state index contributed by atoms with van der Waals surface area (Å²) in [5, 5.41) is 4.80. The summed E-state index contributed by atoms with van der Waals surface area (Å²) in [4.78, 5) is 17.4. The second-order valence-corrected chi connectivity index (χ2v) is 8.08. The van der Waals surface area contributed by atoms with E-state index in [0.29, 0.717) is 25.0 Å². The predicted octanol–water partition coefficient (Wildman–Crippen LogP) is 4.81. The molecule has 1 unspecified atom stereocenters. The maximum atomic E-state index is 12.8. The molecule has 0 radical (unpaired) electrons. The minimum absolute atomic E-state index is 0.00167. The van der Waals surface area contributed by atoms with Crippen molar-refractivity contribution in [3.8, 4) is 11.1 Å². The van der Waals surface area contributed by atoms with Crippen LogP contribution in [0.1, 0.15) is 39.8 Å². The van der Waals surface area contributed by atoms with E-state index in [9.17, 15) is 4.79 Å². The summed E-state index contributed by atoms with van der Waals surface area (Å²) in [5.74, 6) is 0.893. The van der Waals surface area contributed by atoms with E-state index in [-0.39, 0.29) is 11.7 Å². The number of carbonyl (C=O) groups is 1. The third kappa shape index (κ3) is 3.10. The number of halogens is 1. The molecule has 0 N–H and O–H groups in total. The Labute approximate surface area is 175 Å². The van der Waals surface area contributed by atoms with Gasteiger partial charge in [0.15, 0.2) is 11.4 Å². The van der Waals surface area contributed by atoms with Crippen LogP contribution in [-0.2, 0) is 17.8 Å². The third-order valence-corrected chi connectivity index (χ3v) is 5.88. The van der Waals surface area contributed by atoms with Gasteiger partial charge < -0.3 is 9.15 Å². The van der Waals surface area contributed by atoms with Crippen molar-refractivity contribution >= 4 is 27.4 Å². The maximum Gasteiger partial charge on any atom is 0.167 e. The molecule has 1 aromatic carbocycles. The molecule has 6 nitrogen and oxygen atoms in total. The van der Waals surface area contributed by atoms with Gasteiger partial charge in [0.05, 0.1) is 35.4 Å². The quantitative estimate of drug-likeness (QED) is 0.445. The fourth-order valence-corrected chi connectivity index (χ4v) is 4.28. The van der Waals surface area contributed by atoms with Gasteiger partial charge in [-0.2, -0.15) is 5.10 Å². The van der Waals surface area contributed by atoms with E-state index >= 15 is 0 Å². The summed E-state index contributed by atoms with van der Waals surface area (Å²) in [6.07, 6.45) is 4.42. The van der Waals surface area contributed by atoms with Crippen LogP contribution in [0.15, 0.2) is 57.7 Å². The number of ether oxygens (including phenoxy) is 1. The van der Waals surface area contributed by atoms with Crippen molar-refractivity contribution in [2.75, 3.05) is 7.11 Å². The van der Waals surface area contributed by atoms with Gasteiger partial charge in [0.25, 0.3) is 0 Å². The lowest BCUT2D eigenvalue weighted by atomic mass is 9.85. The van der Waals surface area contributed by atoms with Crippen LogP contribution in [0.2, 0.25) is 0 Å². The highest BCUT2D eigenvalue weighted by Crippen LogP contribution is 2.36. The van der Waals surface area contributed by atoms with Crippen molar-refractivity contribution in [2.24, 2.45) is 0 Å². The minimum Gasteiger partial charge on any atom is -0.469 e. The van der Waals surface area contributed by atoms with E-state index in [2.05, 4.69) is 20.9 Å². The first kappa shape index (κ1) is 18.3. The lowest BCUT2D eigenvalue weighted by molar-refractivity contribution is 0.0958. The Balaban J connectivity index is 1.70. The van der Waals surface area contributed by atoms with E-state index in [0.717, 1.165) is 38.4 Å². The van der Waals surface area contributed by atoms with Crippen LogP contribution in [0.4, 0.5) is 0 Å². The largest absolute Gasteiger partial charge is 0.469 e. The van der Waals surface area contributed by atoms with Crippen molar-refractivity contribution in [1.29, 1.82) is 0 Å². The molecule has 146 valence electrons. The molecule has 0 aliphatic heterocycles. The van der Waals surface area contributed by atoms with Gasteiger partial charge in [-0.25, -0.2) is 9.50 Å². The Morgan fingerprint density at radius 2 is 2.07 bits per heavy atom. The highest BCUT2D eigenvalue weighted by Gasteiger charge is 2.31. The van der Waals surface area contributed by atoms with Crippen molar-refractivity contribution in [2.45, 2.75) is 25.4 Å². The fraction of sp³-hybridized carbons (Fsp3) is 0.227. The molecule has 1 aliphatic rings. The number of nitrogens with zero attached hydrogens (tertiary/aromatic N) is 3. The molecule has 1 atom stereocenters. The van der Waals surface area contributed by atoms with Crippen molar-refractivity contribution < 1.29 is 13.9 Å². The summed E-state index contributed by atoms with van der Waals surface area (Å²) in [6, 6.07) is 11.8. The Morgan fingerprint density at radius 3 is 2.79 bits per heavy atom. The Kier molecular flexibility index (Phi) is 4.56. The molecular formula is C22H18BrN3O3. The summed E-state index contributed by atoms with van der Waals surface area (Å²) in [6.45, 7) is 0.360. The first-order chi connectivity index (χ1) is 14.2. The average Bonchev–Trinajstić information content (AvgIpc) is 3.37. The van der Waals surface area contributed by atoms with E-state index in [4.69, 9.17) is 14.3 Å². The second-order valence-electron chi connectivity index (χ2n) is 7.16. The number of rotatable bonds is 4. The fourth-order valence-electron chi connectivity index (χ4n) is 4.02. The predicted molar refractivity (Wildman–Crippen MR) is 111 cm³/mol. The van der Waals surface area contributed by atoms with Gasteiger partial charge in [-0.15, -0.1) is 0 Å². The van der Waals surface area contributed by atoms with E-state index in [1.165, 1.54) is 0 Å². The molecule has 3 aromatic heterocycles. The smallest absolute Gasteiger partial charge is 0.167 e. The van der Waals surface area contributed by atoms with Gasteiger partial charge in [-0.05, 0) is 29.8 Å².